The summed E-state index contributed by atoms with van der Waals surface area (Å²) in [5.41, 5.74) is 3.72. The smallest absolute Gasteiger partial charge is 0.143 e. The van der Waals surface area contributed by atoms with Crippen molar-refractivity contribution in [1.29, 1.82) is 0 Å². The van der Waals surface area contributed by atoms with Crippen LogP contribution >= 0.6 is 0 Å². The van der Waals surface area contributed by atoms with Gasteiger partial charge in [-0.2, -0.15) is 0 Å². The Balaban J connectivity index is 2.20. The van der Waals surface area contributed by atoms with E-state index in [4.69, 9.17) is 14.0 Å². The van der Waals surface area contributed by atoms with Crippen molar-refractivity contribution in [1.82, 2.24) is 5.16 Å². The van der Waals surface area contributed by atoms with Crippen molar-refractivity contribution >= 4 is 5.69 Å². The van der Waals surface area contributed by atoms with Gasteiger partial charge in [0.05, 0.1) is 24.1 Å². The highest BCUT2D eigenvalue weighted by Crippen LogP contribution is 2.41. The van der Waals surface area contributed by atoms with Crippen molar-refractivity contribution in [3.8, 4) is 22.6 Å². The Kier molecular flexibility index (Phi) is 2.81. The summed E-state index contributed by atoms with van der Waals surface area (Å²) >= 11 is 0. The van der Waals surface area contributed by atoms with Gasteiger partial charge in [-0.05, 0) is 19.9 Å². The van der Waals surface area contributed by atoms with Gasteiger partial charge in [-0.15, -0.1) is 0 Å². The fraction of sp³-hybridized carbons (Fsp3) is 0.357. The van der Waals surface area contributed by atoms with Crippen molar-refractivity contribution in [3.63, 3.8) is 0 Å². The quantitative estimate of drug-likeness (QED) is 0.899. The molecule has 0 fully saturated rings. The molecular weight excluding hydrogens is 244 g/mol. The Bertz CT molecular complexity index is 600. The molecule has 3 rings (SSSR count). The Morgan fingerprint density at radius 2 is 2.16 bits per heavy atom. The van der Waals surface area contributed by atoms with E-state index in [-0.39, 0.29) is 0 Å². The van der Waals surface area contributed by atoms with E-state index in [0.29, 0.717) is 6.61 Å². The average molecular weight is 260 g/mol. The number of hydrogen-bond acceptors (Lipinski definition) is 5. The fourth-order valence-electron chi connectivity index (χ4n) is 2.40. The van der Waals surface area contributed by atoms with E-state index in [1.807, 2.05) is 26.0 Å². The third-order valence-electron chi connectivity index (χ3n) is 3.28. The van der Waals surface area contributed by atoms with Crippen molar-refractivity contribution < 1.29 is 14.0 Å². The number of ether oxygens (including phenoxy) is 2. The number of benzene rings is 1. The van der Waals surface area contributed by atoms with Crippen LogP contribution in [0.15, 0.2) is 16.7 Å². The molecule has 0 saturated carbocycles. The number of aryl methyl sites for hydroxylation is 2. The van der Waals surface area contributed by atoms with Crippen molar-refractivity contribution in [2.45, 2.75) is 13.8 Å². The highest BCUT2D eigenvalue weighted by Gasteiger charge is 2.20. The lowest BCUT2D eigenvalue weighted by molar-refractivity contribution is 0.322. The molecule has 1 aromatic heterocycles. The van der Waals surface area contributed by atoms with E-state index in [0.717, 1.165) is 46.3 Å². The Morgan fingerprint density at radius 1 is 1.32 bits per heavy atom. The van der Waals surface area contributed by atoms with E-state index in [9.17, 15) is 0 Å². The molecule has 19 heavy (non-hydrogen) atoms. The molecule has 0 radical (unpaired) electrons. The van der Waals surface area contributed by atoms with Gasteiger partial charge in [0.25, 0.3) is 0 Å². The summed E-state index contributed by atoms with van der Waals surface area (Å²) in [4.78, 5) is 0. The predicted octanol–water partition coefficient (Wildman–Crippen LogP) is 2.77. The van der Waals surface area contributed by atoms with E-state index >= 15 is 0 Å². The first-order chi connectivity index (χ1) is 9.20. The minimum atomic E-state index is 0.667. The molecule has 2 aromatic rings. The summed E-state index contributed by atoms with van der Waals surface area (Å²) in [6.07, 6.45) is 0. The second kappa shape index (κ2) is 4.50. The standard InChI is InChI=1S/C14H16N2O3/c1-8-14(9(2)19-16-8)10-6-13-11(7-12(10)17-3)15-4-5-18-13/h6-7,15H,4-5H2,1-3H3. The first kappa shape index (κ1) is 11.9. The summed E-state index contributed by atoms with van der Waals surface area (Å²) in [5.74, 6) is 2.40. The van der Waals surface area contributed by atoms with E-state index < -0.39 is 0 Å². The maximum Gasteiger partial charge on any atom is 0.143 e. The van der Waals surface area contributed by atoms with Gasteiger partial charge in [0.2, 0.25) is 0 Å². The Morgan fingerprint density at radius 3 is 2.84 bits per heavy atom. The summed E-state index contributed by atoms with van der Waals surface area (Å²) in [6, 6.07) is 3.93. The molecule has 1 aliphatic rings. The summed E-state index contributed by atoms with van der Waals surface area (Å²) < 4.78 is 16.4. The molecule has 0 spiro atoms. The number of nitrogens with one attached hydrogen (secondary N) is 1. The van der Waals surface area contributed by atoms with E-state index in [1.165, 1.54) is 0 Å². The Hall–Kier alpha value is -2.17. The highest BCUT2D eigenvalue weighted by atomic mass is 16.5. The molecule has 5 heteroatoms. The van der Waals surface area contributed by atoms with Crippen LogP contribution in [0.25, 0.3) is 11.1 Å². The number of aromatic nitrogens is 1. The zero-order valence-corrected chi connectivity index (χ0v) is 11.2. The molecule has 100 valence electrons. The van der Waals surface area contributed by atoms with Crippen LogP contribution in [0, 0.1) is 13.8 Å². The van der Waals surface area contributed by atoms with Gasteiger partial charge >= 0.3 is 0 Å². The SMILES string of the molecule is COc1cc2c(cc1-c1c(C)noc1C)OCCN2. The number of nitrogens with zero attached hydrogens (tertiary/aromatic N) is 1. The van der Waals surface area contributed by atoms with Gasteiger partial charge in [0.15, 0.2) is 0 Å². The molecule has 5 nitrogen and oxygen atoms in total. The maximum atomic E-state index is 5.67. The van der Waals surface area contributed by atoms with E-state index in [1.54, 1.807) is 7.11 Å². The largest absolute Gasteiger partial charge is 0.496 e. The number of fused-ring (bicyclic) bond motifs is 1. The molecule has 0 atom stereocenters. The first-order valence-electron chi connectivity index (χ1n) is 6.22. The van der Waals surface area contributed by atoms with Gasteiger partial charge < -0.3 is 19.3 Å². The van der Waals surface area contributed by atoms with Crippen molar-refractivity contribution in [2.75, 3.05) is 25.6 Å². The summed E-state index contributed by atoms with van der Waals surface area (Å²) in [7, 11) is 1.66. The maximum absolute atomic E-state index is 5.67. The molecule has 0 saturated heterocycles. The van der Waals surface area contributed by atoms with Gasteiger partial charge in [-0.25, -0.2) is 0 Å². The van der Waals surface area contributed by atoms with Crippen LogP contribution in [0.2, 0.25) is 0 Å². The van der Waals surface area contributed by atoms with Gasteiger partial charge in [0.1, 0.15) is 23.9 Å². The second-order valence-electron chi connectivity index (χ2n) is 4.52. The van der Waals surface area contributed by atoms with Crippen LogP contribution in [0.1, 0.15) is 11.5 Å². The minimum absolute atomic E-state index is 0.667. The zero-order chi connectivity index (χ0) is 13.4. The van der Waals surface area contributed by atoms with Crippen LogP contribution in [-0.2, 0) is 0 Å². The van der Waals surface area contributed by atoms with Gasteiger partial charge in [-0.3, -0.25) is 0 Å². The van der Waals surface area contributed by atoms with Crippen LogP contribution in [0.4, 0.5) is 5.69 Å². The molecule has 1 aliphatic heterocycles. The lowest BCUT2D eigenvalue weighted by Crippen LogP contribution is -2.18. The summed E-state index contributed by atoms with van der Waals surface area (Å²) in [6.45, 7) is 5.29. The molecule has 0 amide bonds. The number of methoxy groups -OCH3 is 1. The van der Waals surface area contributed by atoms with Crippen LogP contribution in [0.5, 0.6) is 11.5 Å². The predicted molar refractivity (Wildman–Crippen MR) is 71.9 cm³/mol. The molecule has 1 N–H and O–H groups in total. The molecular formula is C14H16N2O3. The molecule has 0 bridgehead atoms. The molecule has 0 unspecified atom stereocenters. The fourth-order valence-corrected chi connectivity index (χ4v) is 2.40. The monoisotopic (exact) mass is 260 g/mol. The van der Waals surface area contributed by atoms with Crippen molar-refractivity contribution in [3.05, 3.63) is 23.6 Å². The topological polar surface area (TPSA) is 56.5 Å². The third-order valence-corrected chi connectivity index (χ3v) is 3.28. The third kappa shape index (κ3) is 1.91. The van der Waals surface area contributed by atoms with Crippen LogP contribution in [-0.4, -0.2) is 25.4 Å². The number of rotatable bonds is 2. The highest BCUT2D eigenvalue weighted by molar-refractivity contribution is 5.79. The number of hydrogen-bond donors (Lipinski definition) is 1. The Labute approximate surface area is 111 Å². The minimum Gasteiger partial charge on any atom is -0.496 e. The van der Waals surface area contributed by atoms with Crippen molar-refractivity contribution in [2.24, 2.45) is 0 Å². The lowest BCUT2D eigenvalue weighted by atomic mass is 10.0. The summed E-state index contributed by atoms with van der Waals surface area (Å²) in [5, 5.41) is 7.29. The average Bonchev–Trinajstić information content (AvgIpc) is 2.76. The number of anilines is 1. The molecule has 1 aromatic carbocycles. The molecule has 2 heterocycles. The van der Waals surface area contributed by atoms with Gasteiger partial charge in [0, 0.05) is 18.2 Å². The second-order valence-corrected chi connectivity index (χ2v) is 4.52. The van der Waals surface area contributed by atoms with E-state index in [2.05, 4.69) is 10.5 Å². The lowest BCUT2D eigenvalue weighted by Gasteiger charge is -2.21. The first-order valence-corrected chi connectivity index (χ1v) is 6.22. The van der Waals surface area contributed by atoms with Gasteiger partial charge in [-0.1, -0.05) is 5.16 Å². The molecule has 0 aliphatic carbocycles. The zero-order valence-electron chi connectivity index (χ0n) is 11.2. The van der Waals surface area contributed by atoms with Crippen LogP contribution in [0.3, 0.4) is 0 Å². The van der Waals surface area contributed by atoms with Crippen LogP contribution < -0.4 is 14.8 Å². The normalized spacial score (nSPS) is 13.4.